The molecule has 0 spiro atoms. The van der Waals surface area contributed by atoms with Gasteiger partial charge in [0.25, 0.3) is 0 Å². The molecule has 9 nitrogen and oxygen atoms in total. The van der Waals surface area contributed by atoms with Crippen LogP contribution >= 0.6 is 11.3 Å². The number of likely N-dealkylation sites (tertiary alicyclic amines) is 1. The van der Waals surface area contributed by atoms with Crippen LogP contribution in [0.5, 0.6) is 0 Å². The first-order valence-corrected chi connectivity index (χ1v) is 14.2. The number of hydrogen-bond donors (Lipinski definition) is 1. The van der Waals surface area contributed by atoms with Crippen LogP contribution in [0.1, 0.15) is 29.5 Å². The maximum Gasteiger partial charge on any atom is 0.226 e. The number of aromatic nitrogens is 3. The molecule has 0 bridgehead atoms. The van der Waals surface area contributed by atoms with Crippen LogP contribution < -0.4 is 10.6 Å². The Morgan fingerprint density at radius 1 is 1.12 bits per heavy atom. The standard InChI is InChI=1S/C28H28F2N8OS/c1-36-5-3-14(10-36)37(2)15-4-6-38(11-15)28-34-8-17-18-12-39-13-19(18)21(23(30)24(17)35-28)25-22-16(7-31)27(32)40-26(22)20(29)9-33-25/h8-9,14-15H,3-6,10-13,32H2,1-2H3/t14-,15-/m0/s1. The molecule has 12 heteroatoms. The smallest absolute Gasteiger partial charge is 0.226 e. The van der Waals surface area contributed by atoms with Gasteiger partial charge in [-0.15, -0.1) is 11.3 Å². The fourth-order valence-corrected chi connectivity index (χ4v) is 7.41. The number of nitriles is 1. The fourth-order valence-electron chi connectivity index (χ4n) is 6.49. The summed E-state index contributed by atoms with van der Waals surface area (Å²) in [5.74, 6) is -0.711. The first-order valence-electron chi connectivity index (χ1n) is 13.4. The van der Waals surface area contributed by atoms with E-state index < -0.39 is 11.6 Å². The Balaban J connectivity index is 1.32. The van der Waals surface area contributed by atoms with Crippen molar-refractivity contribution >= 4 is 43.3 Å². The molecule has 2 N–H and O–H groups in total. The van der Waals surface area contributed by atoms with E-state index in [0.717, 1.165) is 62.1 Å². The molecular weight excluding hydrogens is 534 g/mol. The molecule has 2 atom stereocenters. The summed E-state index contributed by atoms with van der Waals surface area (Å²) in [6.07, 6.45) is 4.87. The molecule has 7 rings (SSSR count). The lowest BCUT2D eigenvalue weighted by molar-refractivity contribution is 0.135. The van der Waals surface area contributed by atoms with Gasteiger partial charge in [0.15, 0.2) is 11.6 Å². The number of likely N-dealkylation sites (N-methyl/N-ethyl adjacent to an activating group) is 2. The van der Waals surface area contributed by atoms with Crippen LogP contribution in [-0.2, 0) is 18.0 Å². The summed E-state index contributed by atoms with van der Waals surface area (Å²) < 4.78 is 37.2. The molecule has 0 radical (unpaired) electrons. The van der Waals surface area contributed by atoms with Crippen LogP contribution in [0.4, 0.5) is 19.7 Å². The second kappa shape index (κ2) is 9.55. The number of thiophene rings is 1. The van der Waals surface area contributed by atoms with Gasteiger partial charge in [-0.1, -0.05) is 0 Å². The topological polar surface area (TPSA) is 107 Å². The molecular formula is C28H28F2N8OS. The van der Waals surface area contributed by atoms with E-state index in [0.29, 0.717) is 29.0 Å². The summed E-state index contributed by atoms with van der Waals surface area (Å²) in [6.45, 7) is 4.16. The zero-order valence-electron chi connectivity index (χ0n) is 22.2. The number of nitrogens with zero attached hydrogens (tertiary/aromatic N) is 7. The molecule has 6 heterocycles. The number of ether oxygens (including phenoxy) is 1. The number of rotatable bonds is 4. The Bertz CT molecular complexity index is 1720. The first kappa shape index (κ1) is 25.5. The molecule has 3 aromatic heterocycles. The van der Waals surface area contributed by atoms with E-state index in [4.69, 9.17) is 15.5 Å². The summed E-state index contributed by atoms with van der Waals surface area (Å²) in [7, 11) is 4.35. The van der Waals surface area contributed by atoms with E-state index in [1.165, 1.54) is 0 Å². The largest absolute Gasteiger partial charge is 0.389 e. The van der Waals surface area contributed by atoms with E-state index >= 15 is 4.39 Å². The Morgan fingerprint density at radius 2 is 1.90 bits per heavy atom. The summed E-state index contributed by atoms with van der Waals surface area (Å²) in [4.78, 5) is 20.6. The van der Waals surface area contributed by atoms with Crippen molar-refractivity contribution in [1.29, 1.82) is 5.26 Å². The van der Waals surface area contributed by atoms with Gasteiger partial charge in [-0.05, 0) is 44.6 Å². The molecule has 1 aromatic carbocycles. The van der Waals surface area contributed by atoms with Crippen LogP contribution in [-0.4, -0.2) is 77.1 Å². The van der Waals surface area contributed by atoms with Crippen LogP contribution in [0.15, 0.2) is 12.4 Å². The van der Waals surface area contributed by atoms with Gasteiger partial charge in [0.05, 0.1) is 35.4 Å². The molecule has 3 aliphatic heterocycles. The highest BCUT2D eigenvalue weighted by Crippen LogP contribution is 2.45. The zero-order valence-corrected chi connectivity index (χ0v) is 23.1. The molecule has 0 aliphatic carbocycles. The molecule has 40 heavy (non-hydrogen) atoms. The lowest BCUT2D eigenvalue weighted by atomic mass is 9.94. The van der Waals surface area contributed by atoms with Crippen molar-refractivity contribution in [2.45, 2.75) is 38.1 Å². The van der Waals surface area contributed by atoms with E-state index in [2.05, 4.69) is 38.8 Å². The van der Waals surface area contributed by atoms with Gasteiger partial charge in [-0.25, -0.2) is 18.7 Å². The van der Waals surface area contributed by atoms with E-state index in [-0.39, 0.29) is 50.6 Å². The average molecular weight is 563 g/mol. The molecule has 2 saturated heterocycles. The van der Waals surface area contributed by atoms with Crippen LogP contribution in [0.25, 0.3) is 32.2 Å². The molecule has 2 fully saturated rings. The predicted octanol–water partition coefficient (Wildman–Crippen LogP) is 3.88. The van der Waals surface area contributed by atoms with Crippen molar-refractivity contribution in [3.8, 4) is 17.3 Å². The van der Waals surface area contributed by atoms with Gasteiger partial charge in [0, 0.05) is 54.3 Å². The normalized spacial score (nSPS) is 21.2. The maximum atomic E-state index is 16.6. The number of nitrogens with two attached hydrogens (primary N) is 1. The van der Waals surface area contributed by atoms with Gasteiger partial charge in [0.1, 0.15) is 16.6 Å². The van der Waals surface area contributed by atoms with Crippen molar-refractivity contribution in [1.82, 2.24) is 24.8 Å². The quantitative estimate of drug-likeness (QED) is 0.396. The lowest BCUT2D eigenvalue weighted by Crippen LogP contribution is -2.43. The van der Waals surface area contributed by atoms with Crippen molar-refractivity contribution in [3.63, 3.8) is 0 Å². The SMILES string of the molecule is CN1CC[C@H](N(C)[C@H]2CCN(c3ncc4c5c(c(-c6ncc(F)c7sc(N)c(C#N)c67)c(F)c4n3)COC5)C2)C1. The third kappa shape index (κ3) is 3.83. The number of hydrogen-bond acceptors (Lipinski definition) is 10. The number of anilines is 2. The molecule has 0 saturated carbocycles. The fraction of sp³-hybridized carbons (Fsp3) is 0.429. The van der Waals surface area contributed by atoms with E-state index in [9.17, 15) is 9.65 Å². The summed E-state index contributed by atoms with van der Waals surface area (Å²) in [5, 5.41) is 10.8. The number of fused-ring (bicyclic) bond motifs is 4. The Hall–Kier alpha value is -3.50. The second-order valence-electron chi connectivity index (χ2n) is 10.9. The van der Waals surface area contributed by atoms with Gasteiger partial charge in [-0.3, -0.25) is 9.88 Å². The highest BCUT2D eigenvalue weighted by atomic mass is 32.1. The summed E-state index contributed by atoms with van der Waals surface area (Å²) in [5.41, 5.74) is 8.04. The van der Waals surface area contributed by atoms with Crippen LogP contribution in [0.3, 0.4) is 0 Å². The minimum atomic E-state index is -0.603. The lowest BCUT2D eigenvalue weighted by Gasteiger charge is -2.30. The highest BCUT2D eigenvalue weighted by Gasteiger charge is 2.34. The molecule has 0 unspecified atom stereocenters. The molecule has 0 amide bonds. The predicted molar refractivity (Wildman–Crippen MR) is 150 cm³/mol. The highest BCUT2D eigenvalue weighted by molar-refractivity contribution is 7.23. The van der Waals surface area contributed by atoms with Crippen molar-refractivity contribution in [2.75, 3.05) is 50.9 Å². The number of nitrogen functional groups attached to an aromatic ring is 1. The van der Waals surface area contributed by atoms with Crippen molar-refractivity contribution < 1.29 is 13.5 Å². The third-order valence-corrected chi connectivity index (χ3v) is 9.72. The van der Waals surface area contributed by atoms with Crippen molar-refractivity contribution in [2.24, 2.45) is 0 Å². The Kier molecular flexibility index (Phi) is 6.08. The Morgan fingerprint density at radius 3 is 2.67 bits per heavy atom. The number of halogens is 2. The summed E-state index contributed by atoms with van der Waals surface area (Å²) in [6, 6.07) is 2.95. The van der Waals surface area contributed by atoms with Crippen molar-refractivity contribution in [3.05, 3.63) is 40.7 Å². The molecule has 206 valence electrons. The monoisotopic (exact) mass is 562 g/mol. The van der Waals surface area contributed by atoms with E-state index in [1.807, 2.05) is 6.07 Å². The van der Waals surface area contributed by atoms with Gasteiger partial charge >= 0.3 is 0 Å². The average Bonchev–Trinajstić information content (AvgIpc) is 3.76. The van der Waals surface area contributed by atoms with Gasteiger partial charge < -0.3 is 20.3 Å². The third-order valence-electron chi connectivity index (χ3n) is 8.70. The van der Waals surface area contributed by atoms with E-state index in [1.54, 1.807) is 6.20 Å². The second-order valence-corrected chi connectivity index (χ2v) is 12.0. The zero-order chi connectivity index (χ0) is 27.7. The minimum absolute atomic E-state index is 0.0956. The maximum absolute atomic E-state index is 16.6. The number of pyridine rings is 1. The molecule has 4 aromatic rings. The van der Waals surface area contributed by atoms with Gasteiger partial charge in [-0.2, -0.15) is 5.26 Å². The minimum Gasteiger partial charge on any atom is -0.389 e. The summed E-state index contributed by atoms with van der Waals surface area (Å²) >= 11 is 0.960. The van der Waals surface area contributed by atoms with Crippen LogP contribution in [0.2, 0.25) is 0 Å². The van der Waals surface area contributed by atoms with Gasteiger partial charge in [0.2, 0.25) is 5.95 Å². The van der Waals surface area contributed by atoms with Crippen LogP contribution in [0, 0.1) is 23.0 Å². The Labute approximate surface area is 233 Å². The first-order chi connectivity index (χ1) is 19.4. The number of benzene rings is 1. The molecule has 3 aliphatic rings.